The van der Waals surface area contributed by atoms with E-state index in [2.05, 4.69) is 10.3 Å². The summed E-state index contributed by atoms with van der Waals surface area (Å²) in [5.41, 5.74) is 1.84. The third-order valence-electron chi connectivity index (χ3n) is 3.59. The van der Waals surface area contributed by atoms with Crippen molar-refractivity contribution >= 4 is 5.91 Å². The van der Waals surface area contributed by atoms with Gasteiger partial charge in [-0.25, -0.2) is 0 Å². The molecule has 0 bridgehead atoms. The first kappa shape index (κ1) is 17.0. The fourth-order valence-electron chi connectivity index (χ4n) is 2.27. The summed E-state index contributed by atoms with van der Waals surface area (Å²) in [7, 11) is 1.61. The zero-order valence-corrected chi connectivity index (χ0v) is 13.2. The normalized spacial score (nSPS) is 11.7. The van der Waals surface area contributed by atoms with Crippen molar-refractivity contribution in [3.8, 4) is 5.75 Å². The summed E-state index contributed by atoms with van der Waals surface area (Å²) in [5.74, 6) is 0.671. The summed E-state index contributed by atoms with van der Waals surface area (Å²) >= 11 is 0. The van der Waals surface area contributed by atoms with Gasteiger partial charge in [-0.2, -0.15) is 0 Å². The number of aliphatic hydroxyl groups is 1. The predicted octanol–water partition coefficient (Wildman–Crippen LogP) is 1.60. The number of aromatic nitrogens is 1. The predicted molar refractivity (Wildman–Crippen MR) is 88.2 cm³/mol. The largest absolute Gasteiger partial charge is 0.497 e. The van der Waals surface area contributed by atoms with Gasteiger partial charge in [0.1, 0.15) is 5.75 Å². The van der Waals surface area contributed by atoms with E-state index in [0.717, 1.165) is 17.0 Å². The molecule has 0 saturated carbocycles. The molecule has 0 aliphatic heterocycles. The molecule has 1 atom stereocenters. The average Bonchev–Trinajstić information content (AvgIpc) is 2.60. The first-order valence-electron chi connectivity index (χ1n) is 7.61. The second-order valence-corrected chi connectivity index (χ2v) is 5.40. The van der Waals surface area contributed by atoms with Crippen LogP contribution in [0, 0.1) is 5.92 Å². The highest BCUT2D eigenvalue weighted by Crippen LogP contribution is 2.11. The van der Waals surface area contributed by atoms with E-state index in [-0.39, 0.29) is 18.4 Å². The van der Waals surface area contributed by atoms with E-state index < -0.39 is 0 Å². The third-order valence-corrected chi connectivity index (χ3v) is 3.59. The van der Waals surface area contributed by atoms with Crippen LogP contribution in [0.4, 0.5) is 0 Å². The molecular weight excluding hydrogens is 292 g/mol. The Morgan fingerprint density at radius 1 is 1.26 bits per heavy atom. The SMILES string of the molecule is COc1ccc(CC(=O)NCC(CO)Cc2ccccn2)cc1. The molecular formula is C18H22N2O3. The van der Waals surface area contributed by atoms with Crippen LogP contribution in [0.15, 0.2) is 48.7 Å². The smallest absolute Gasteiger partial charge is 0.224 e. The lowest BCUT2D eigenvalue weighted by Gasteiger charge is -2.14. The molecule has 122 valence electrons. The second-order valence-electron chi connectivity index (χ2n) is 5.40. The number of nitrogens with zero attached hydrogens (tertiary/aromatic N) is 1. The number of pyridine rings is 1. The summed E-state index contributed by atoms with van der Waals surface area (Å²) in [4.78, 5) is 16.2. The van der Waals surface area contributed by atoms with E-state index in [4.69, 9.17) is 4.74 Å². The number of aliphatic hydroxyl groups excluding tert-OH is 1. The lowest BCUT2D eigenvalue weighted by Crippen LogP contribution is -2.33. The molecule has 2 aromatic rings. The van der Waals surface area contributed by atoms with Crippen LogP contribution in [0.25, 0.3) is 0 Å². The van der Waals surface area contributed by atoms with Gasteiger partial charge >= 0.3 is 0 Å². The van der Waals surface area contributed by atoms with Crippen LogP contribution in [0.2, 0.25) is 0 Å². The van der Waals surface area contributed by atoms with Gasteiger partial charge in [-0.15, -0.1) is 0 Å². The number of amides is 1. The van der Waals surface area contributed by atoms with Crippen molar-refractivity contribution in [2.45, 2.75) is 12.8 Å². The summed E-state index contributed by atoms with van der Waals surface area (Å²) in [6, 6.07) is 13.1. The zero-order valence-electron chi connectivity index (χ0n) is 13.2. The van der Waals surface area contributed by atoms with Crippen molar-refractivity contribution in [2.24, 2.45) is 5.92 Å². The van der Waals surface area contributed by atoms with Crippen LogP contribution < -0.4 is 10.1 Å². The van der Waals surface area contributed by atoms with E-state index in [1.165, 1.54) is 0 Å². The number of rotatable bonds is 8. The van der Waals surface area contributed by atoms with Gasteiger partial charge in [0.15, 0.2) is 0 Å². The Morgan fingerprint density at radius 3 is 2.65 bits per heavy atom. The number of benzene rings is 1. The molecule has 5 heteroatoms. The summed E-state index contributed by atoms with van der Waals surface area (Å²) in [6.07, 6.45) is 2.68. The summed E-state index contributed by atoms with van der Waals surface area (Å²) in [6.45, 7) is 0.446. The number of ether oxygens (including phenoxy) is 1. The van der Waals surface area contributed by atoms with Crippen LogP contribution >= 0.6 is 0 Å². The second kappa shape index (κ2) is 8.90. The highest BCUT2D eigenvalue weighted by molar-refractivity contribution is 5.78. The van der Waals surface area contributed by atoms with Gasteiger partial charge in [0.05, 0.1) is 13.5 Å². The molecule has 0 spiro atoms. The summed E-state index contributed by atoms with van der Waals surface area (Å²) < 4.78 is 5.09. The van der Waals surface area contributed by atoms with Crippen molar-refractivity contribution < 1.29 is 14.6 Å². The molecule has 0 fully saturated rings. The maximum atomic E-state index is 12.0. The first-order valence-corrected chi connectivity index (χ1v) is 7.61. The minimum atomic E-state index is -0.0605. The topological polar surface area (TPSA) is 71.5 Å². The quantitative estimate of drug-likeness (QED) is 0.776. The van der Waals surface area contributed by atoms with E-state index in [1.54, 1.807) is 13.3 Å². The Hall–Kier alpha value is -2.40. The van der Waals surface area contributed by atoms with E-state index in [1.807, 2.05) is 42.5 Å². The van der Waals surface area contributed by atoms with Crippen molar-refractivity contribution in [1.29, 1.82) is 0 Å². The van der Waals surface area contributed by atoms with Crippen molar-refractivity contribution in [1.82, 2.24) is 10.3 Å². The number of carbonyl (C=O) groups excluding carboxylic acids is 1. The molecule has 23 heavy (non-hydrogen) atoms. The fraction of sp³-hybridized carbons (Fsp3) is 0.333. The Morgan fingerprint density at radius 2 is 2.04 bits per heavy atom. The number of carbonyl (C=O) groups is 1. The molecule has 0 aliphatic carbocycles. The molecule has 1 amide bonds. The van der Waals surface area contributed by atoms with Crippen LogP contribution in [-0.4, -0.2) is 36.3 Å². The molecule has 1 unspecified atom stereocenters. The number of hydrogen-bond donors (Lipinski definition) is 2. The van der Waals surface area contributed by atoms with Gasteiger partial charge in [0.2, 0.25) is 5.91 Å². The van der Waals surface area contributed by atoms with E-state index >= 15 is 0 Å². The van der Waals surface area contributed by atoms with Crippen LogP contribution in [0.1, 0.15) is 11.3 Å². The molecule has 2 N–H and O–H groups in total. The third kappa shape index (κ3) is 5.71. The van der Waals surface area contributed by atoms with Gasteiger partial charge in [-0.1, -0.05) is 18.2 Å². The van der Waals surface area contributed by atoms with Crippen molar-refractivity contribution in [2.75, 3.05) is 20.3 Å². The molecule has 1 aromatic heterocycles. The van der Waals surface area contributed by atoms with Gasteiger partial charge in [-0.3, -0.25) is 9.78 Å². The fourth-order valence-corrected chi connectivity index (χ4v) is 2.27. The maximum absolute atomic E-state index is 12.0. The van der Waals surface area contributed by atoms with Gasteiger partial charge in [-0.05, 0) is 36.2 Å². The van der Waals surface area contributed by atoms with E-state index in [0.29, 0.717) is 19.4 Å². The molecule has 0 radical (unpaired) electrons. The monoisotopic (exact) mass is 314 g/mol. The lowest BCUT2D eigenvalue weighted by atomic mass is 10.0. The number of nitrogens with one attached hydrogen (secondary N) is 1. The van der Waals surface area contributed by atoms with Gasteiger partial charge < -0.3 is 15.2 Å². The number of methoxy groups -OCH3 is 1. The molecule has 0 saturated heterocycles. The Kier molecular flexibility index (Phi) is 6.56. The Balaban J connectivity index is 1.79. The lowest BCUT2D eigenvalue weighted by molar-refractivity contribution is -0.120. The van der Waals surface area contributed by atoms with Crippen LogP contribution in [0.5, 0.6) is 5.75 Å². The molecule has 0 aliphatic rings. The zero-order chi connectivity index (χ0) is 16.5. The number of hydrogen-bond acceptors (Lipinski definition) is 4. The van der Waals surface area contributed by atoms with Gasteiger partial charge in [0.25, 0.3) is 0 Å². The highest BCUT2D eigenvalue weighted by Gasteiger charge is 2.11. The minimum Gasteiger partial charge on any atom is -0.497 e. The Bertz CT molecular complexity index is 599. The van der Waals surface area contributed by atoms with Crippen molar-refractivity contribution in [3.05, 3.63) is 59.9 Å². The first-order chi connectivity index (χ1) is 11.2. The maximum Gasteiger partial charge on any atom is 0.224 e. The standard InChI is InChI=1S/C18H22N2O3/c1-23-17-7-5-14(6-8-17)11-18(22)20-12-15(13-21)10-16-4-2-3-9-19-16/h2-9,15,21H,10-13H2,1H3,(H,20,22). The highest BCUT2D eigenvalue weighted by atomic mass is 16.5. The summed E-state index contributed by atoms with van der Waals surface area (Å²) in [5, 5.41) is 12.3. The average molecular weight is 314 g/mol. The van der Waals surface area contributed by atoms with Crippen LogP contribution in [0.3, 0.4) is 0 Å². The van der Waals surface area contributed by atoms with Gasteiger partial charge in [0, 0.05) is 31.0 Å². The molecule has 1 aromatic carbocycles. The molecule has 2 rings (SSSR count). The molecule has 1 heterocycles. The van der Waals surface area contributed by atoms with Crippen LogP contribution in [-0.2, 0) is 17.6 Å². The minimum absolute atomic E-state index is 0.0133. The van der Waals surface area contributed by atoms with Crippen molar-refractivity contribution in [3.63, 3.8) is 0 Å². The Labute approximate surface area is 136 Å². The molecule has 5 nitrogen and oxygen atoms in total. The van der Waals surface area contributed by atoms with E-state index in [9.17, 15) is 9.90 Å².